The molecule has 4 fully saturated rings. The fourth-order valence-corrected chi connectivity index (χ4v) is 12.0. The number of ether oxygens (including phenoxy) is 2. The molecule has 1 unspecified atom stereocenters. The Kier molecular flexibility index (Phi) is 9.05. The number of phenols is 1. The SMILES string of the molecule is O=C1CC[C@@H](N2Cc3c(ccc4c3OCC43CCN(CC4CCC5(CC4)CN(c4ccc([C@H]6c7ccc(O)cc7OC[C@H]6c6ccccc6)cc4)C5)CC3)C2O)C(=O)N1. The molecule has 2 amide bonds. The fourth-order valence-electron chi connectivity index (χ4n) is 12.0. The Hall–Kier alpha value is -4.90. The van der Waals surface area contributed by atoms with Crippen molar-refractivity contribution in [3.63, 3.8) is 0 Å². The molecule has 2 spiro atoms. The number of anilines is 1. The number of aliphatic hydroxyl groups excluding tert-OH is 1. The monoisotopic (exact) mass is 794 g/mol. The second kappa shape index (κ2) is 14.4. The maximum atomic E-state index is 12.7. The number of aliphatic hydroxyl groups is 1. The second-order valence-electron chi connectivity index (χ2n) is 18.8. The molecule has 10 nitrogen and oxygen atoms in total. The largest absolute Gasteiger partial charge is 0.508 e. The molecule has 0 aromatic heterocycles. The van der Waals surface area contributed by atoms with E-state index in [0.717, 1.165) is 73.1 Å². The lowest BCUT2D eigenvalue weighted by atomic mass is 9.65. The van der Waals surface area contributed by atoms with Gasteiger partial charge in [-0.15, -0.1) is 0 Å². The van der Waals surface area contributed by atoms with E-state index >= 15 is 0 Å². The molecule has 7 aliphatic rings. The molecule has 3 saturated heterocycles. The van der Waals surface area contributed by atoms with Crippen molar-refractivity contribution in [2.24, 2.45) is 11.3 Å². The third kappa shape index (κ3) is 6.41. The van der Waals surface area contributed by atoms with Crippen LogP contribution in [0.2, 0.25) is 0 Å². The van der Waals surface area contributed by atoms with Gasteiger partial charge in [-0.3, -0.25) is 19.8 Å². The number of nitrogens with zero attached hydrogens (tertiary/aromatic N) is 3. The highest BCUT2D eigenvalue weighted by Gasteiger charge is 2.49. The van der Waals surface area contributed by atoms with Gasteiger partial charge in [0.25, 0.3) is 0 Å². The van der Waals surface area contributed by atoms with Gasteiger partial charge >= 0.3 is 0 Å². The van der Waals surface area contributed by atoms with Crippen LogP contribution in [0.4, 0.5) is 5.69 Å². The van der Waals surface area contributed by atoms with E-state index in [4.69, 9.17) is 9.47 Å². The molecule has 0 radical (unpaired) electrons. The van der Waals surface area contributed by atoms with Crippen molar-refractivity contribution in [1.29, 1.82) is 0 Å². The Morgan fingerprint density at radius 3 is 2.34 bits per heavy atom. The zero-order chi connectivity index (χ0) is 39.9. The summed E-state index contributed by atoms with van der Waals surface area (Å²) in [5.74, 6) is 2.45. The summed E-state index contributed by atoms with van der Waals surface area (Å²) < 4.78 is 12.7. The van der Waals surface area contributed by atoms with Crippen LogP contribution in [0.5, 0.6) is 17.2 Å². The average molecular weight is 795 g/mol. The Labute approximate surface area is 346 Å². The predicted molar refractivity (Wildman–Crippen MR) is 224 cm³/mol. The molecule has 4 aromatic rings. The number of likely N-dealkylation sites (tertiary alicyclic amines) is 1. The zero-order valence-electron chi connectivity index (χ0n) is 33.7. The summed E-state index contributed by atoms with van der Waals surface area (Å²) in [4.78, 5) is 31.5. The predicted octanol–water partition coefficient (Wildman–Crippen LogP) is 6.73. The number of carbonyl (C=O) groups excluding carboxylic acids is 2. The normalized spacial score (nSPS) is 27.4. The highest BCUT2D eigenvalue weighted by atomic mass is 16.5. The summed E-state index contributed by atoms with van der Waals surface area (Å²) in [6, 6.07) is 29.2. The number of aromatic hydroxyl groups is 1. The van der Waals surface area contributed by atoms with Crippen LogP contribution < -0.4 is 19.7 Å². The maximum Gasteiger partial charge on any atom is 0.244 e. The van der Waals surface area contributed by atoms with Gasteiger partial charge in [0.05, 0.1) is 19.3 Å². The molecule has 1 aliphatic carbocycles. The van der Waals surface area contributed by atoms with Crippen molar-refractivity contribution in [2.75, 3.05) is 50.8 Å². The molecule has 6 aliphatic heterocycles. The van der Waals surface area contributed by atoms with Crippen molar-refractivity contribution in [1.82, 2.24) is 15.1 Å². The van der Waals surface area contributed by atoms with Crippen LogP contribution in [0.15, 0.2) is 84.9 Å². The lowest BCUT2D eigenvalue weighted by Gasteiger charge is -2.55. The highest BCUT2D eigenvalue weighted by molar-refractivity contribution is 6.00. The Morgan fingerprint density at radius 1 is 0.814 bits per heavy atom. The first-order valence-electron chi connectivity index (χ1n) is 21.9. The summed E-state index contributed by atoms with van der Waals surface area (Å²) in [5, 5.41) is 23.8. The standard InChI is InChI=1S/C49H54N4O6/c54-35-10-11-37-42(24-35)58-27-39(32-4-2-1-3-5-32)44(37)33-6-8-34(9-7-33)52-28-48(29-52)18-16-31(17-19-48)25-51-22-20-49(21-23-51)30-59-45-38-26-53(41-14-15-43(55)50-46(41)56)47(57)36(38)12-13-40(45)49/h1-13,24,31,39,41,44,47,54,57H,14-23,25-30H2,(H,50,55,56)/t39-,41+,44-,47?/m0/s1. The second-order valence-corrected chi connectivity index (χ2v) is 18.8. The number of rotatable bonds is 6. The maximum absolute atomic E-state index is 12.7. The number of nitrogens with one attached hydrogen (secondary N) is 1. The molecular formula is C49H54N4O6. The van der Waals surface area contributed by atoms with E-state index in [1.807, 2.05) is 17.0 Å². The van der Waals surface area contributed by atoms with E-state index in [0.29, 0.717) is 38.0 Å². The molecular weight excluding hydrogens is 741 g/mol. The van der Waals surface area contributed by atoms with Crippen LogP contribution in [0.25, 0.3) is 0 Å². The minimum absolute atomic E-state index is 0.000968. The first kappa shape index (κ1) is 37.1. The van der Waals surface area contributed by atoms with E-state index in [1.54, 1.807) is 12.1 Å². The third-order valence-corrected chi connectivity index (χ3v) is 15.5. The fraction of sp³-hybridized carbons (Fsp3) is 0.469. The quantitative estimate of drug-likeness (QED) is 0.183. The van der Waals surface area contributed by atoms with Crippen LogP contribution in [-0.4, -0.2) is 83.8 Å². The third-order valence-electron chi connectivity index (χ3n) is 15.5. The first-order valence-corrected chi connectivity index (χ1v) is 21.9. The number of piperidine rings is 2. The lowest BCUT2D eigenvalue weighted by Crippen LogP contribution is -2.58. The van der Waals surface area contributed by atoms with Crippen LogP contribution >= 0.6 is 0 Å². The summed E-state index contributed by atoms with van der Waals surface area (Å²) in [5.41, 5.74) is 8.52. The van der Waals surface area contributed by atoms with Gasteiger partial charge in [-0.1, -0.05) is 60.7 Å². The molecule has 11 rings (SSSR count). The Bertz CT molecular complexity index is 2260. The van der Waals surface area contributed by atoms with Crippen molar-refractivity contribution >= 4 is 17.5 Å². The molecule has 59 heavy (non-hydrogen) atoms. The van der Waals surface area contributed by atoms with Crippen molar-refractivity contribution in [3.8, 4) is 17.2 Å². The molecule has 0 bridgehead atoms. The van der Waals surface area contributed by atoms with Crippen molar-refractivity contribution in [3.05, 3.63) is 118 Å². The Morgan fingerprint density at radius 2 is 1.58 bits per heavy atom. The number of hydrogen-bond donors (Lipinski definition) is 3. The first-order chi connectivity index (χ1) is 28.7. The number of carbonyl (C=O) groups is 2. The smallest absolute Gasteiger partial charge is 0.244 e. The van der Waals surface area contributed by atoms with Gasteiger partial charge in [-0.05, 0) is 93.3 Å². The molecule has 1 saturated carbocycles. The van der Waals surface area contributed by atoms with Crippen LogP contribution in [0.3, 0.4) is 0 Å². The molecule has 306 valence electrons. The van der Waals surface area contributed by atoms with Gasteiger partial charge in [-0.25, -0.2) is 0 Å². The van der Waals surface area contributed by atoms with E-state index in [1.165, 1.54) is 54.6 Å². The molecule has 4 atom stereocenters. The van der Waals surface area contributed by atoms with E-state index in [-0.39, 0.29) is 34.8 Å². The van der Waals surface area contributed by atoms with Gasteiger partial charge in [-0.2, -0.15) is 0 Å². The number of phenolic OH excluding ortho intramolecular Hbond substituents is 1. The number of hydrogen-bond acceptors (Lipinski definition) is 9. The van der Waals surface area contributed by atoms with Gasteiger partial charge < -0.3 is 29.5 Å². The zero-order valence-corrected chi connectivity index (χ0v) is 33.7. The topological polar surface area (TPSA) is 115 Å². The summed E-state index contributed by atoms with van der Waals surface area (Å²) in [6.07, 6.45) is 7.20. The number of fused-ring (bicyclic) bond motifs is 5. The van der Waals surface area contributed by atoms with Crippen LogP contribution in [0, 0.1) is 11.3 Å². The van der Waals surface area contributed by atoms with Gasteiger partial charge in [0.1, 0.15) is 23.5 Å². The molecule has 10 heteroatoms. The minimum Gasteiger partial charge on any atom is -0.508 e. The molecule has 6 heterocycles. The lowest BCUT2D eigenvalue weighted by molar-refractivity contribution is -0.141. The Balaban J connectivity index is 0.684. The van der Waals surface area contributed by atoms with E-state index in [2.05, 4.69) is 75.8 Å². The summed E-state index contributed by atoms with van der Waals surface area (Å²) >= 11 is 0. The van der Waals surface area contributed by atoms with Gasteiger partial charge in [0, 0.05) is 89.3 Å². The van der Waals surface area contributed by atoms with E-state index in [9.17, 15) is 19.8 Å². The van der Waals surface area contributed by atoms with Crippen molar-refractivity contribution < 1.29 is 29.3 Å². The van der Waals surface area contributed by atoms with Crippen LogP contribution in [0.1, 0.15) is 103 Å². The number of benzene rings is 4. The number of imide groups is 1. The minimum atomic E-state index is -0.876. The number of amides is 2. The van der Waals surface area contributed by atoms with Gasteiger partial charge in [0.15, 0.2) is 0 Å². The molecule has 3 N–H and O–H groups in total. The van der Waals surface area contributed by atoms with E-state index < -0.39 is 12.3 Å². The average Bonchev–Trinajstić information content (AvgIpc) is 3.78. The summed E-state index contributed by atoms with van der Waals surface area (Å²) in [6.45, 7) is 7.32. The van der Waals surface area contributed by atoms with Crippen molar-refractivity contribution in [2.45, 2.75) is 87.4 Å². The van der Waals surface area contributed by atoms with Gasteiger partial charge in [0.2, 0.25) is 11.8 Å². The van der Waals surface area contributed by atoms with Crippen LogP contribution in [-0.2, 0) is 21.5 Å². The molecule has 4 aromatic carbocycles. The summed E-state index contributed by atoms with van der Waals surface area (Å²) in [7, 11) is 0. The highest BCUT2D eigenvalue weighted by Crippen LogP contribution is 2.53.